The quantitative estimate of drug-likeness (QED) is 0.828. The van der Waals surface area contributed by atoms with Crippen LogP contribution < -0.4 is 10.5 Å². The summed E-state index contributed by atoms with van der Waals surface area (Å²) >= 11 is 0. The number of methoxy groups -OCH3 is 1. The van der Waals surface area contributed by atoms with Gasteiger partial charge in [-0.2, -0.15) is 4.31 Å². The van der Waals surface area contributed by atoms with E-state index < -0.39 is 10.0 Å². The Morgan fingerprint density at radius 1 is 1.44 bits per heavy atom. The summed E-state index contributed by atoms with van der Waals surface area (Å²) in [5, 5.41) is 0. The van der Waals surface area contributed by atoms with E-state index in [1.54, 1.807) is 13.1 Å². The first-order chi connectivity index (χ1) is 8.34. The first kappa shape index (κ1) is 14.8. The molecule has 0 saturated heterocycles. The second-order valence-corrected chi connectivity index (χ2v) is 6.18. The predicted octanol–water partition coefficient (Wildman–Crippen LogP) is 1.70. The lowest BCUT2D eigenvalue weighted by Crippen LogP contribution is -2.34. The van der Waals surface area contributed by atoms with Crippen LogP contribution in [-0.2, 0) is 10.0 Å². The monoisotopic (exact) mass is 272 g/mol. The average molecular weight is 272 g/mol. The van der Waals surface area contributed by atoms with Crippen LogP contribution in [0.4, 0.5) is 5.69 Å². The number of nitrogens with two attached hydrogens (primary N) is 1. The van der Waals surface area contributed by atoms with Crippen molar-refractivity contribution in [3.8, 4) is 5.75 Å². The molecule has 0 bridgehead atoms. The van der Waals surface area contributed by atoms with Crippen LogP contribution in [-0.4, -0.2) is 32.9 Å². The molecule has 0 aromatic heterocycles. The highest BCUT2D eigenvalue weighted by molar-refractivity contribution is 7.89. The number of benzene rings is 1. The van der Waals surface area contributed by atoms with Crippen LogP contribution in [0.1, 0.15) is 20.3 Å². The van der Waals surface area contributed by atoms with Gasteiger partial charge in [0.25, 0.3) is 0 Å². The lowest BCUT2D eigenvalue weighted by molar-refractivity contribution is 0.380. The lowest BCUT2D eigenvalue weighted by Gasteiger charge is -2.23. The van der Waals surface area contributed by atoms with Gasteiger partial charge in [0.05, 0.1) is 17.7 Å². The van der Waals surface area contributed by atoms with Gasteiger partial charge in [0.2, 0.25) is 10.0 Å². The molecule has 0 aliphatic carbocycles. The molecule has 102 valence electrons. The number of hydrogen-bond acceptors (Lipinski definition) is 4. The van der Waals surface area contributed by atoms with Crippen LogP contribution in [0, 0.1) is 0 Å². The largest absolute Gasteiger partial charge is 0.495 e. The second kappa shape index (κ2) is 5.58. The first-order valence-electron chi connectivity index (χ1n) is 5.76. The van der Waals surface area contributed by atoms with Crippen molar-refractivity contribution in [1.82, 2.24) is 4.31 Å². The average Bonchev–Trinajstić information content (AvgIpc) is 2.36. The number of rotatable bonds is 5. The maximum absolute atomic E-state index is 12.3. The van der Waals surface area contributed by atoms with Crippen LogP contribution in [0.5, 0.6) is 5.75 Å². The van der Waals surface area contributed by atoms with Gasteiger partial charge in [0.1, 0.15) is 5.75 Å². The molecule has 1 rings (SSSR count). The predicted molar refractivity (Wildman–Crippen MR) is 72.1 cm³/mol. The fraction of sp³-hybridized carbons (Fsp3) is 0.500. The van der Waals surface area contributed by atoms with Crippen LogP contribution in [0.15, 0.2) is 23.1 Å². The van der Waals surface area contributed by atoms with E-state index in [1.165, 1.54) is 23.5 Å². The summed E-state index contributed by atoms with van der Waals surface area (Å²) in [5.41, 5.74) is 6.05. The third kappa shape index (κ3) is 2.76. The zero-order valence-electron chi connectivity index (χ0n) is 11.2. The molecule has 0 radical (unpaired) electrons. The van der Waals surface area contributed by atoms with E-state index in [4.69, 9.17) is 10.5 Å². The van der Waals surface area contributed by atoms with Crippen molar-refractivity contribution in [2.75, 3.05) is 19.9 Å². The number of nitrogens with zero attached hydrogens (tertiary/aromatic N) is 1. The first-order valence-corrected chi connectivity index (χ1v) is 7.20. The highest BCUT2D eigenvalue weighted by atomic mass is 32.2. The summed E-state index contributed by atoms with van der Waals surface area (Å²) in [4.78, 5) is 0.184. The Balaban J connectivity index is 3.17. The molecule has 1 aromatic carbocycles. The molecule has 2 N–H and O–H groups in total. The van der Waals surface area contributed by atoms with E-state index in [-0.39, 0.29) is 10.9 Å². The topological polar surface area (TPSA) is 72.6 Å². The molecule has 0 fully saturated rings. The van der Waals surface area contributed by atoms with Gasteiger partial charge >= 0.3 is 0 Å². The third-order valence-corrected chi connectivity index (χ3v) is 5.06. The van der Waals surface area contributed by atoms with Gasteiger partial charge < -0.3 is 10.5 Å². The van der Waals surface area contributed by atoms with Crippen LogP contribution in [0.25, 0.3) is 0 Å². The van der Waals surface area contributed by atoms with Crippen LogP contribution >= 0.6 is 0 Å². The Morgan fingerprint density at radius 3 is 2.50 bits per heavy atom. The zero-order chi connectivity index (χ0) is 13.9. The fourth-order valence-electron chi connectivity index (χ4n) is 1.53. The molecule has 1 unspecified atom stereocenters. The Kier molecular flexibility index (Phi) is 4.59. The van der Waals surface area contributed by atoms with Gasteiger partial charge in [-0.05, 0) is 31.5 Å². The SMILES string of the molecule is CCC(C)N(C)S(=O)(=O)c1ccc(OC)c(N)c1. The lowest BCUT2D eigenvalue weighted by atomic mass is 10.3. The highest BCUT2D eigenvalue weighted by Gasteiger charge is 2.24. The van der Waals surface area contributed by atoms with E-state index in [1.807, 2.05) is 13.8 Å². The molecule has 18 heavy (non-hydrogen) atoms. The van der Waals surface area contributed by atoms with Crippen LogP contribution in [0.3, 0.4) is 0 Å². The fourth-order valence-corrected chi connectivity index (χ4v) is 3.00. The van der Waals surface area contributed by atoms with Crippen LogP contribution in [0.2, 0.25) is 0 Å². The van der Waals surface area contributed by atoms with Crippen molar-refractivity contribution < 1.29 is 13.2 Å². The number of sulfonamides is 1. The molecule has 6 heteroatoms. The normalized spacial score (nSPS) is 13.6. The van der Waals surface area contributed by atoms with E-state index in [0.717, 1.165) is 6.42 Å². The van der Waals surface area contributed by atoms with E-state index in [2.05, 4.69) is 0 Å². The maximum atomic E-state index is 12.3. The minimum atomic E-state index is -3.50. The molecule has 0 saturated carbocycles. The number of ether oxygens (including phenoxy) is 1. The summed E-state index contributed by atoms with van der Waals surface area (Å²) in [5.74, 6) is 0.472. The van der Waals surface area contributed by atoms with Crippen molar-refractivity contribution in [2.24, 2.45) is 0 Å². The molecule has 0 spiro atoms. The molecular formula is C12H20N2O3S. The Morgan fingerprint density at radius 2 is 2.06 bits per heavy atom. The molecule has 0 aliphatic rings. The zero-order valence-corrected chi connectivity index (χ0v) is 12.0. The Bertz CT molecular complexity index is 514. The molecule has 1 atom stereocenters. The second-order valence-electron chi connectivity index (χ2n) is 4.18. The Labute approximate surface area is 109 Å². The smallest absolute Gasteiger partial charge is 0.243 e. The van der Waals surface area contributed by atoms with Crippen molar-refractivity contribution in [2.45, 2.75) is 31.2 Å². The van der Waals surface area contributed by atoms with Gasteiger partial charge in [-0.15, -0.1) is 0 Å². The van der Waals surface area contributed by atoms with Gasteiger partial charge in [0, 0.05) is 13.1 Å². The Hall–Kier alpha value is -1.27. The summed E-state index contributed by atoms with van der Waals surface area (Å²) < 4.78 is 31.0. The minimum Gasteiger partial charge on any atom is -0.495 e. The van der Waals surface area contributed by atoms with E-state index >= 15 is 0 Å². The van der Waals surface area contributed by atoms with Crippen molar-refractivity contribution in [3.63, 3.8) is 0 Å². The maximum Gasteiger partial charge on any atom is 0.243 e. The van der Waals surface area contributed by atoms with E-state index in [0.29, 0.717) is 11.4 Å². The molecule has 1 aromatic rings. The molecule has 0 amide bonds. The molecule has 0 heterocycles. The van der Waals surface area contributed by atoms with Gasteiger partial charge in [-0.1, -0.05) is 6.92 Å². The van der Waals surface area contributed by atoms with E-state index in [9.17, 15) is 8.42 Å². The standard InChI is InChI=1S/C12H20N2O3S/c1-5-9(2)14(3)18(15,16)10-6-7-12(17-4)11(13)8-10/h6-9H,5,13H2,1-4H3. The van der Waals surface area contributed by atoms with Gasteiger partial charge in [0.15, 0.2) is 0 Å². The summed E-state index contributed by atoms with van der Waals surface area (Å²) in [6.45, 7) is 3.81. The number of hydrogen-bond donors (Lipinski definition) is 1. The van der Waals surface area contributed by atoms with Crippen molar-refractivity contribution in [1.29, 1.82) is 0 Å². The summed E-state index contributed by atoms with van der Waals surface area (Å²) in [6, 6.07) is 4.43. The molecular weight excluding hydrogens is 252 g/mol. The number of anilines is 1. The summed E-state index contributed by atoms with van der Waals surface area (Å²) in [6.07, 6.45) is 0.751. The van der Waals surface area contributed by atoms with Crippen molar-refractivity contribution >= 4 is 15.7 Å². The van der Waals surface area contributed by atoms with Gasteiger partial charge in [-0.25, -0.2) is 8.42 Å². The highest BCUT2D eigenvalue weighted by Crippen LogP contribution is 2.26. The van der Waals surface area contributed by atoms with Gasteiger partial charge in [-0.3, -0.25) is 0 Å². The minimum absolute atomic E-state index is 0.0571. The molecule has 5 nitrogen and oxygen atoms in total. The third-order valence-electron chi connectivity index (χ3n) is 3.09. The molecule has 0 aliphatic heterocycles. The summed E-state index contributed by atoms with van der Waals surface area (Å²) in [7, 11) is -0.435. The van der Waals surface area contributed by atoms with Crippen molar-refractivity contribution in [3.05, 3.63) is 18.2 Å². The number of nitrogen functional groups attached to an aromatic ring is 1.